The van der Waals surface area contributed by atoms with Crippen LogP contribution in [0.4, 0.5) is 0 Å². The lowest BCUT2D eigenvalue weighted by molar-refractivity contribution is 0.0948. The number of carbonyl (C=O) groups excluding carboxylic acids is 1. The average Bonchev–Trinajstić information content (AvgIpc) is 3.28. The highest BCUT2D eigenvalue weighted by Gasteiger charge is 2.28. The normalized spacial score (nSPS) is 14.6. The van der Waals surface area contributed by atoms with Gasteiger partial charge in [0, 0.05) is 38.8 Å². The van der Waals surface area contributed by atoms with Gasteiger partial charge in [0.1, 0.15) is 5.82 Å². The van der Waals surface area contributed by atoms with Crippen LogP contribution in [0.5, 0.6) is 0 Å². The van der Waals surface area contributed by atoms with Crippen LogP contribution in [0.25, 0.3) is 11.0 Å². The number of nitrogens with zero attached hydrogens (tertiary/aromatic N) is 2. The first-order valence-corrected chi connectivity index (χ1v) is 7.44. The second-order valence-electron chi connectivity index (χ2n) is 5.61. The zero-order valence-corrected chi connectivity index (χ0v) is 12.6. The van der Waals surface area contributed by atoms with E-state index in [-0.39, 0.29) is 5.91 Å². The molecule has 112 valence electrons. The number of nitrogens with one attached hydrogen (secondary N) is 1. The molecule has 1 aromatic carbocycles. The van der Waals surface area contributed by atoms with E-state index >= 15 is 0 Å². The van der Waals surface area contributed by atoms with Gasteiger partial charge in [-0.2, -0.15) is 0 Å². The molecule has 0 radical (unpaired) electrons. The molecule has 2 aromatic rings. The number of aromatic nitrogens is 2. The second-order valence-corrected chi connectivity index (χ2v) is 5.61. The molecule has 21 heavy (non-hydrogen) atoms. The Kier molecular flexibility index (Phi) is 3.92. The SMILES string of the molecule is COCCCNC(=O)c1ccc2c(c1)nc(C1CC1)n2C. The number of aryl methyl sites for hydroxylation is 1. The number of methoxy groups -OCH3 is 1. The summed E-state index contributed by atoms with van der Waals surface area (Å²) in [5.74, 6) is 1.70. The molecule has 3 rings (SSSR count). The van der Waals surface area contributed by atoms with Crippen molar-refractivity contribution in [3.05, 3.63) is 29.6 Å². The summed E-state index contributed by atoms with van der Waals surface area (Å²) in [6.07, 6.45) is 3.27. The lowest BCUT2D eigenvalue weighted by Gasteiger charge is -2.05. The van der Waals surface area contributed by atoms with Crippen molar-refractivity contribution in [1.82, 2.24) is 14.9 Å². The van der Waals surface area contributed by atoms with Crippen LogP contribution in [0.1, 0.15) is 41.4 Å². The van der Waals surface area contributed by atoms with Crippen molar-refractivity contribution in [1.29, 1.82) is 0 Å². The van der Waals surface area contributed by atoms with E-state index in [1.54, 1.807) is 7.11 Å². The monoisotopic (exact) mass is 287 g/mol. The number of fused-ring (bicyclic) bond motifs is 1. The van der Waals surface area contributed by atoms with Gasteiger partial charge in [-0.05, 0) is 37.5 Å². The molecular weight excluding hydrogens is 266 g/mol. The van der Waals surface area contributed by atoms with E-state index in [9.17, 15) is 4.79 Å². The van der Waals surface area contributed by atoms with E-state index in [4.69, 9.17) is 4.74 Å². The van der Waals surface area contributed by atoms with Crippen molar-refractivity contribution >= 4 is 16.9 Å². The molecule has 1 saturated carbocycles. The topological polar surface area (TPSA) is 56.1 Å². The predicted molar refractivity (Wildman–Crippen MR) is 81.5 cm³/mol. The molecule has 5 nitrogen and oxygen atoms in total. The number of hydrogen-bond donors (Lipinski definition) is 1. The van der Waals surface area contributed by atoms with Gasteiger partial charge in [0.05, 0.1) is 11.0 Å². The Labute approximate surface area is 124 Å². The number of carbonyl (C=O) groups is 1. The van der Waals surface area contributed by atoms with Crippen LogP contribution in [-0.4, -0.2) is 35.7 Å². The third-order valence-electron chi connectivity index (χ3n) is 3.93. The van der Waals surface area contributed by atoms with E-state index in [1.165, 1.54) is 12.8 Å². The first-order valence-electron chi connectivity index (χ1n) is 7.44. The maximum absolute atomic E-state index is 12.1. The van der Waals surface area contributed by atoms with Crippen molar-refractivity contribution in [2.24, 2.45) is 7.05 Å². The van der Waals surface area contributed by atoms with Gasteiger partial charge in [-0.3, -0.25) is 4.79 Å². The van der Waals surface area contributed by atoms with E-state index < -0.39 is 0 Å². The standard InChI is InChI=1S/C16H21N3O2/c1-19-14-7-6-12(16(20)17-8-3-9-21-2)10-13(14)18-15(19)11-4-5-11/h6-7,10-11H,3-5,8-9H2,1-2H3,(H,17,20). The molecule has 0 atom stereocenters. The second kappa shape index (κ2) is 5.85. The molecule has 1 aromatic heterocycles. The van der Waals surface area contributed by atoms with Crippen molar-refractivity contribution in [2.45, 2.75) is 25.2 Å². The van der Waals surface area contributed by atoms with Crippen LogP contribution in [0, 0.1) is 0 Å². The minimum atomic E-state index is -0.0494. The van der Waals surface area contributed by atoms with E-state index in [2.05, 4.69) is 14.9 Å². The Balaban J connectivity index is 1.75. The van der Waals surface area contributed by atoms with E-state index in [1.807, 2.05) is 25.2 Å². The van der Waals surface area contributed by atoms with Crippen LogP contribution in [0.2, 0.25) is 0 Å². The number of amides is 1. The highest BCUT2D eigenvalue weighted by atomic mass is 16.5. The molecule has 1 amide bonds. The molecule has 0 bridgehead atoms. The fourth-order valence-electron chi connectivity index (χ4n) is 2.59. The number of hydrogen-bond acceptors (Lipinski definition) is 3. The van der Waals surface area contributed by atoms with E-state index in [0.717, 1.165) is 23.3 Å². The molecule has 1 aliphatic carbocycles. The summed E-state index contributed by atoms with van der Waals surface area (Å²) < 4.78 is 7.11. The van der Waals surface area contributed by atoms with Crippen LogP contribution in [-0.2, 0) is 11.8 Å². The van der Waals surface area contributed by atoms with Gasteiger partial charge < -0.3 is 14.6 Å². The molecule has 0 spiro atoms. The summed E-state index contributed by atoms with van der Waals surface area (Å²) in [5, 5.41) is 2.90. The molecule has 0 saturated heterocycles. The van der Waals surface area contributed by atoms with Crippen LogP contribution in [0.3, 0.4) is 0 Å². The molecule has 0 aliphatic heterocycles. The molecular formula is C16H21N3O2. The van der Waals surface area contributed by atoms with Crippen molar-refractivity contribution < 1.29 is 9.53 Å². The molecule has 5 heteroatoms. The van der Waals surface area contributed by atoms with Gasteiger partial charge in [0.15, 0.2) is 0 Å². The summed E-state index contributed by atoms with van der Waals surface area (Å²) in [7, 11) is 3.71. The lowest BCUT2D eigenvalue weighted by Crippen LogP contribution is -2.25. The third kappa shape index (κ3) is 2.93. The highest BCUT2D eigenvalue weighted by Crippen LogP contribution is 2.40. The first kappa shape index (κ1) is 14.1. The average molecular weight is 287 g/mol. The fraction of sp³-hybridized carbons (Fsp3) is 0.500. The Morgan fingerprint density at radius 2 is 2.29 bits per heavy atom. The van der Waals surface area contributed by atoms with Gasteiger partial charge >= 0.3 is 0 Å². The Morgan fingerprint density at radius 1 is 1.48 bits per heavy atom. The largest absolute Gasteiger partial charge is 0.385 e. The van der Waals surface area contributed by atoms with E-state index in [0.29, 0.717) is 24.6 Å². The fourth-order valence-corrected chi connectivity index (χ4v) is 2.59. The molecule has 0 unspecified atom stereocenters. The summed E-state index contributed by atoms with van der Waals surface area (Å²) in [6, 6.07) is 5.73. The van der Waals surface area contributed by atoms with Crippen LogP contribution < -0.4 is 5.32 Å². The van der Waals surface area contributed by atoms with Gasteiger partial charge in [-0.25, -0.2) is 4.98 Å². The summed E-state index contributed by atoms with van der Waals surface area (Å²) in [4.78, 5) is 16.8. The lowest BCUT2D eigenvalue weighted by atomic mass is 10.2. The quantitative estimate of drug-likeness (QED) is 0.829. The minimum absolute atomic E-state index is 0.0494. The summed E-state index contributed by atoms with van der Waals surface area (Å²) >= 11 is 0. The Morgan fingerprint density at radius 3 is 3.00 bits per heavy atom. The molecule has 1 N–H and O–H groups in total. The number of benzene rings is 1. The molecule has 1 heterocycles. The zero-order valence-electron chi connectivity index (χ0n) is 12.6. The molecule has 1 aliphatic rings. The van der Waals surface area contributed by atoms with Crippen LogP contribution >= 0.6 is 0 Å². The number of ether oxygens (including phenoxy) is 1. The van der Waals surface area contributed by atoms with Crippen molar-refractivity contribution in [2.75, 3.05) is 20.3 Å². The van der Waals surface area contributed by atoms with Crippen LogP contribution in [0.15, 0.2) is 18.2 Å². The third-order valence-corrected chi connectivity index (χ3v) is 3.93. The zero-order chi connectivity index (χ0) is 14.8. The smallest absolute Gasteiger partial charge is 0.251 e. The summed E-state index contributed by atoms with van der Waals surface area (Å²) in [5.41, 5.74) is 2.66. The number of imidazole rings is 1. The highest BCUT2D eigenvalue weighted by molar-refractivity contribution is 5.97. The maximum atomic E-state index is 12.1. The van der Waals surface area contributed by atoms with Gasteiger partial charge in [-0.15, -0.1) is 0 Å². The Bertz CT molecular complexity index is 659. The first-order chi connectivity index (χ1) is 10.2. The molecule has 1 fully saturated rings. The van der Waals surface area contributed by atoms with Crippen molar-refractivity contribution in [3.8, 4) is 0 Å². The van der Waals surface area contributed by atoms with Crippen molar-refractivity contribution in [3.63, 3.8) is 0 Å². The predicted octanol–water partition coefficient (Wildman–Crippen LogP) is 2.22. The Hall–Kier alpha value is -1.88. The van der Waals surface area contributed by atoms with Gasteiger partial charge in [0.25, 0.3) is 5.91 Å². The summed E-state index contributed by atoms with van der Waals surface area (Å²) in [6.45, 7) is 1.28. The van der Waals surface area contributed by atoms with Gasteiger partial charge in [0.2, 0.25) is 0 Å². The number of rotatable bonds is 6. The maximum Gasteiger partial charge on any atom is 0.251 e. The minimum Gasteiger partial charge on any atom is -0.385 e. The van der Waals surface area contributed by atoms with Gasteiger partial charge in [-0.1, -0.05) is 0 Å².